The van der Waals surface area contributed by atoms with Crippen LogP contribution in [0.1, 0.15) is 19.3 Å². The summed E-state index contributed by atoms with van der Waals surface area (Å²) in [7, 11) is 0. The van der Waals surface area contributed by atoms with E-state index in [-0.39, 0.29) is 23.6 Å². The van der Waals surface area contributed by atoms with Crippen LogP contribution in [-0.2, 0) is 4.79 Å². The van der Waals surface area contributed by atoms with Gasteiger partial charge in [0.15, 0.2) is 0 Å². The number of carbonyl (C=O) groups is 1. The average molecular weight is 309 g/mol. The maximum Gasteiger partial charge on any atom is 0.223 e. The molecule has 0 radical (unpaired) electrons. The van der Waals surface area contributed by atoms with Crippen LogP contribution >= 0.6 is 0 Å². The molecule has 120 valence electrons. The van der Waals surface area contributed by atoms with E-state index < -0.39 is 11.6 Å². The van der Waals surface area contributed by atoms with Gasteiger partial charge < -0.3 is 15.5 Å². The number of piperidine rings is 1. The van der Waals surface area contributed by atoms with Gasteiger partial charge in [0.2, 0.25) is 5.91 Å². The second-order valence-electron chi connectivity index (χ2n) is 6.03. The molecule has 0 aliphatic carbocycles. The highest BCUT2D eigenvalue weighted by Crippen LogP contribution is 2.27. The maximum absolute atomic E-state index is 13.8. The molecule has 4 nitrogen and oxygen atoms in total. The molecule has 1 aromatic rings. The van der Waals surface area contributed by atoms with Gasteiger partial charge in [0.05, 0.1) is 0 Å². The molecular formula is C16H21F2N3O. The molecule has 1 unspecified atom stereocenters. The van der Waals surface area contributed by atoms with E-state index in [1.165, 1.54) is 18.2 Å². The summed E-state index contributed by atoms with van der Waals surface area (Å²) in [5.41, 5.74) is 0.0149. The van der Waals surface area contributed by atoms with E-state index in [0.717, 1.165) is 25.9 Å². The Balaban J connectivity index is 1.59. The van der Waals surface area contributed by atoms with Crippen LogP contribution in [0, 0.1) is 17.6 Å². The lowest BCUT2D eigenvalue weighted by Gasteiger charge is -2.24. The van der Waals surface area contributed by atoms with Crippen molar-refractivity contribution in [2.45, 2.75) is 25.3 Å². The highest BCUT2D eigenvalue weighted by molar-refractivity contribution is 5.79. The van der Waals surface area contributed by atoms with Gasteiger partial charge in [-0.05, 0) is 44.5 Å². The molecule has 2 heterocycles. The van der Waals surface area contributed by atoms with E-state index in [9.17, 15) is 13.6 Å². The minimum atomic E-state index is -0.551. The van der Waals surface area contributed by atoms with Gasteiger partial charge in [0, 0.05) is 25.0 Å². The summed E-state index contributed by atoms with van der Waals surface area (Å²) in [5.74, 6) is -0.974. The van der Waals surface area contributed by atoms with Crippen LogP contribution < -0.4 is 15.5 Å². The molecule has 0 bridgehead atoms. The Morgan fingerprint density at radius 1 is 1.18 bits per heavy atom. The topological polar surface area (TPSA) is 44.4 Å². The van der Waals surface area contributed by atoms with E-state index in [4.69, 9.17) is 0 Å². The molecule has 2 saturated heterocycles. The third kappa shape index (κ3) is 3.21. The summed E-state index contributed by atoms with van der Waals surface area (Å²) in [4.78, 5) is 13.9. The smallest absolute Gasteiger partial charge is 0.223 e. The number of hydrogen-bond acceptors (Lipinski definition) is 3. The second kappa shape index (κ2) is 6.60. The lowest BCUT2D eigenvalue weighted by Crippen LogP contribution is -2.43. The lowest BCUT2D eigenvalue weighted by atomic mass is 9.97. The van der Waals surface area contributed by atoms with Crippen molar-refractivity contribution in [2.24, 2.45) is 5.92 Å². The fourth-order valence-corrected chi connectivity index (χ4v) is 3.28. The zero-order valence-electron chi connectivity index (χ0n) is 12.4. The number of carbonyl (C=O) groups excluding carboxylic acids is 1. The number of rotatable bonds is 3. The van der Waals surface area contributed by atoms with Crippen molar-refractivity contribution < 1.29 is 13.6 Å². The molecule has 1 aromatic carbocycles. The van der Waals surface area contributed by atoms with Crippen LogP contribution in [0.2, 0.25) is 0 Å². The van der Waals surface area contributed by atoms with E-state index in [1.807, 2.05) is 0 Å². The number of anilines is 1. The predicted molar refractivity (Wildman–Crippen MR) is 80.7 cm³/mol. The normalized spacial score (nSPS) is 22.8. The van der Waals surface area contributed by atoms with Crippen LogP contribution in [0.5, 0.6) is 0 Å². The van der Waals surface area contributed by atoms with Crippen molar-refractivity contribution in [3.05, 3.63) is 29.8 Å². The number of amides is 1. The molecule has 0 spiro atoms. The van der Waals surface area contributed by atoms with Crippen molar-refractivity contribution in [1.29, 1.82) is 0 Å². The fourth-order valence-electron chi connectivity index (χ4n) is 3.28. The van der Waals surface area contributed by atoms with E-state index in [1.54, 1.807) is 4.90 Å². The number of para-hydroxylation sites is 1. The molecule has 2 fully saturated rings. The Morgan fingerprint density at radius 2 is 1.86 bits per heavy atom. The summed E-state index contributed by atoms with van der Waals surface area (Å²) in [6.07, 6.45) is 2.42. The number of nitrogens with one attached hydrogen (secondary N) is 2. The standard InChI is InChI=1S/C16H21F2N3O/c17-13-2-1-3-14(18)15(13)21-9-6-12(10-21)20-16(22)11-4-7-19-8-5-11/h1-3,11-12,19H,4-10H2,(H,20,22). The van der Waals surface area contributed by atoms with Gasteiger partial charge in [-0.25, -0.2) is 8.78 Å². The Hall–Kier alpha value is -1.69. The highest BCUT2D eigenvalue weighted by atomic mass is 19.1. The van der Waals surface area contributed by atoms with E-state index in [2.05, 4.69) is 10.6 Å². The third-order valence-corrected chi connectivity index (χ3v) is 4.50. The van der Waals surface area contributed by atoms with Gasteiger partial charge in [0.25, 0.3) is 0 Å². The summed E-state index contributed by atoms with van der Waals surface area (Å²) >= 11 is 0. The summed E-state index contributed by atoms with van der Waals surface area (Å²) in [6, 6.07) is 3.85. The first-order valence-corrected chi connectivity index (χ1v) is 7.85. The summed E-state index contributed by atoms with van der Waals surface area (Å²) in [5, 5.41) is 6.27. The molecule has 2 N–H and O–H groups in total. The fraction of sp³-hybridized carbons (Fsp3) is 0.562. The lowest BCUT2D eigenvalue weighted by molar-refractivity contribution is -0.126. The monoisotopic (exact) mass is 309 g/mol. The van der Waals surface area contributed by atoms with Gasteiger partial charge in [-0.3, -0.25) is 4.79 Å². The SMILES string of the molecule is O=C(NC1CCN(c2c(F)cccc2F)C1)C1CCNCC1. The molecule has 2 aliphatic heterocycles. The Labute approximate surface area is 128 Å². The number of hydrogen-bond donors (Lipinski definition) is 2. The molecule has 2 aliphatic rings. The molecule has 6 heteroatoms. The molecule has 0 saturated carbocycles. The zero-order chi connectivity index (χ0) is 15.5. The largest absolute Gasteiger partial charge is 0.365 e. The number of nitrogens with zero attached hydrogens (tertiary/aromatic N) is 1. The Bertz CT molecular complexity index is 526. The minimum Gasteiger partial charge on any atom is -0.365 e. The zero-order valence-corrected chi connectivity index (χ0v) is 12.4. The van der Waals surface area contributed by atoms with Gasteiger partial charge in [-0.1, -0.05) is 6.07 Å². The summed E-state index contributed by atoms with van der Waals surface area (Å²) in [6.45, 7) is 2.74. The van der Waals surface area contributed by atoms with Crippen LogP contribution in [-0.4, -0.2) is 38.1 Å². The number of benzene rings is 1. The molecule has 1 atom stereocenters. The molecular weight excluding hydrogens is 288 g/mol. The van der Waals surface area contributed by atoms with Crippen molar-refractivity contribution >= 4 is 11.6 Å². The van der Waals surface area contributed by atoms with Crippen molar-refractivity contribution in [3.63, 3.8) is 0 Å². The highest BCUT2D eigenvalue weighted by Gasteiger charge is 2.29. The molecule has 0 aromatic heterocycles. The van der Waals surface area contributed by atoms with Crippen LogP contribution in [0.3, 0.4) is 0 Å². The number of halogens is 2. The molecule has 22 heavy (non-hydrogen) atoms. The second-order valence-corrected chi connectivity index (χ2v) is 6.03. The van der Waals surface area contributed by atoms with Crippen LogP contribution in [0.4, 0.5) is 14.5 Å². The summed E-state index contributed by atoms with van der Waals surface area (Å²) < 4.78 is 27.6. The van der Waals surface area contributed by atoms with Gasteiger partial charge in [0.1, 0.15) is 17.3 Å². The van der Waals surface area contributed by atoms with Gasteiger partial charge in [-0.15, -0.1) is 0 Å². The molecule has 3 rings (SSSR count). The van der Waals surface area contributed by atoms with Crippen molar-refractivity contribution in [1.82, 2.24) is 10.6 Å². The van der Waals surface area contributed by atoms with Crippen LogP contribution in [0.25, 0.3) is 0 Å². The molecule has 1 amide bonds. The van der Waals surface area contributed by atoms with Crippen LogP contribution in [0.15, 0.2) is 18.2 Å². The minimum absolute atomic E-state index is 0.0149. The first kappa shape index (κ1) is 15.2. The first-order valence-electron chi connectivity index (χ1n) is 7.85. The maximum atomic E-state index is 13.8. The van der Waals surface area contributed by atoms with Crippen molar-refractivity contribution in [3.8, 4) is 0 Å². The van der Waals surface area contributed by atoms with E-state index in [0.29, 0.717) is 19.5 Å². The Morgan fingerprint density at radius 3 is 2.55 bits per heavy atom. The first-order chi connectivity index (χ1) is 10.6. The Kier molecular flexibility index (Phi) is 4.57. The quantitative estimate of drug-likeness (QED) is 0.892. The van der Waals surface area contributed by atoms with Gasteiger partial charge in [-0.2, -0.15) is 0 Å². The van der Waals surface area contributed by atoms with Gasteiger partial charge >= 0.3 is 0 Å². The van der Waals surface area contributed by atoms with E-state index >= 15 is 0 Å². The average Bonchev–Trinajstić information content (AvgIpc) is 2.96. The van der Waals surface area contributed by atoms with Crippen molar-refractivity contribution in [2.75, 3.05) is 31.1 Å². The predicted octanol–water partition coefficient (Wildman–Crippen LogP) is 1.66. The third-order valence-electron chi connectivity index (χ3n) is 4.50.